The molecule has 1 aliphatic heterocycles. The number of hydrogen-bond acceptors (Lipinski definition) is 2. The Morgan fingerprint density at radius 1 is 1.16 bits per heavy atom. The van der Waals surface area contributed by atoms with Crippen LogP contribution in [0.3, 0.4) is 0 Å². The minimum atomic E-state index is -0.435. The molecule has 1 aromatic rings. The highest BCUT2D eigenvalue weighted by atomic mass is 19.1. The Bertz CT molecular complexity index is 446. The molecule has 1 aromatic carbocycles. The van der Waals surface area contributed by atoms with Gasteiger partial charge in [0.25, 0.3) is 0 Å². The van der Waals surface area contributed by atoms with Crippen LogP contribution in [0.1, 0.15) is 37.7 Å². The number of nitrogen functional groups attached to an aromatic ring is 1. The predicted octanol–water partition coefficient (Wildman–Crippen LogP) is 3.75. The molecule has 3 rings (SSSR count). The Morgan fingerprint density at radius 3 is 2.68 bits per heavy atom. The van der Waals surface area contributed by atoms with Crippen LogP contribution in [0.5, 0.6) is 0 Å². The predicted molar refractivity (Wildman–Crippen MR) is 77.9 cm³/mol. The Kier molecular flexibility index (Phi) is 3.63. The molecule has 1 saturated carbocycles. The number of piperidine rings is 1. The third-order valence-corrected chi connectivity index (χ3v) is 4.88. The number of halogens is 1. The summed E-state index contributed by atoms with van der Waals surface area (Å²) in [5.41, 5.74) is 8.59. The van der Waals surface area contributed by atoms with Gasteiger partial charge in [0.1, 0.15) is 6.67 Å². The van der Waals surface area contributed by atoms with Gasteiger partial charge < -0.3 is 10.6 Å². The van der Waals surface area contributed by atoms with E-state index in [-0.39, 0.29) is 0 Å². The van der Waals surface area contributed by atoms with Crippen LogP contribution in [0.4, 0.5) is 15.8 Å². The second-order valence-electron chi connectivity index (χ2n) is 6.07. The first-order chi connectivity index (χ1) is 9.28. The molecule has 2 fully saturated rings. The van der Waals surface area contributed by atoms with Gasteiger partial charge >= 0.3 is 0 Å². The van der Waals surface area contributed by atoms with Gasteiger partial charge in [0, 0.05) is 13.1 Å². The van der Waals surface area contributed by atoms with E-state index in [4.69, 9.17) is 5.73 Å². The lowest BCUT2D eigenvalue weighted by Gasteiger charge is -2.42. The second kappa shape index (κ2) is 5.40. The van der Waals surface area contributed by atoms with Crippen LogP contribution in [0.15, 0.2) is 18.2 Å². The molecular weight excluding hydrogens is 239 g/mol. The van der Waals surface area contributed by atoms with Gasteiger partial charge in [-0.1, -0.05) is 25.3 Å². The van der Waals surface area contributed by atoms with Crippen molar-refractivity contribution in [1.29, 1.82) is 0 Å². The smallest absolute Gasteiger partial charge is 0.115 e. The number of alkyl halides is 1. The molecule has 0 bridgehead atoms. The maximum atomic E-state index is 12.6. The van der Waals surface area contributed by atoms with Gasteiger partial charge in [0.05, 0.1) is 11.4 Å². The van der Waals surface area contributed by atoms with Gasteiger partial charge in [-0.3, -0.25) is 0 Å². The summed E-state index contributed by atoms with van der Waals surface area (Å²) in [6, 6.07) is 5.63. The van der Waals surface area contributed by atoms with E-state index >= 15 is 0 Å². The zero-order valence-corrected chi connectivity index (χ0v) is 11.4. The minimum absolute atomic E-state index is 0.435. The third kappa shape index (κ3) is 2.56. The molecule has 104 valence electrons. The van der Waals surface area contributed by atoms with Gasteiger partial charge in [-0.2, -0.15) is 0 Å². The fourth-order valence-corrected chi connectivity index (χ4v) is 3.79. The van der Waals surface area contributed by atoms with Gasteiger partial charge in [-0.25, -0.2) is 4.39 Å². The molecule has 2 N–H and O–H groups in total. The zero-order valence-electron chi connectivity index (χ0n) is 11.4. The average molecular weight is 262 g/mol. The van der Waals surface area contributed by atoms with Crippen LogP contribution in [0, 0.1) is 11.8 Å². The number of hydrogen-bond donors (Lipinski definition) is 1. The number of anilines is 2. The highest BCUT2D eigenvalue weighted by Crippen LogP contribution is 2.38. The first-order valence-electron chi connectivity index (χ1n) is 7.47. The standard InChI is InChI=1S/C16H23FN2/c17-10-12-5-6-16(15(18)9-12)19-8-7-13-3-1-2-4-14(13)11-19/h5-6,9,13-14H,1-4,7-8,10-11,18H2/t13-,14-/m1/s1. The summed E-state index contributed by atoms with van der Waals surface area (Å²) >= 11 is 0. The van der Waals surface area contributed by atoms with Crippen molar-refractivity contribution in [3.05, 3.63) is 23.8 Å². The average Bonchev–Trinajstić information content (AvgIpc) is 2.46. The zero-order chi connectivity index (χ0) is 13.2. The van der Waals surface area contributed by atoms with E-state index < -0.39 is 6.67 Å². The summed E-state index contributed by atoms with van der Waals surface area (Å²) < 4.78 is 12.6. The van der Waals surface area contributed by atoms with Crippen molar-refractivity contribution in [1.82, 2.24) is 0 Å². The van der Waals surface area contributed by atoms with Crippen LogP contribution >= 0.6 is 0 Å². The Labute approximate surface area is 114 Å². The number of nitrogens with two attached hydrogens (primary N) is 1. The van der Waals surface area contributed by atoms with Gasteiger partial charge in [0.2, 0.25) is 0 Å². The van der Waals surface area contributed by atoms with Crippen molar-refractivity contribution < 1.29 is 4.39 Å². The monoisotopic (exact) mass is 262 g/mol. The van der Waals surface area contributed by atoms with E-state index in [0.717, 1.165) is 36.3 Å². The van der Waals surface area contributed by atoms with E-state index in [0.29, 0.717) is 5.56 Å². The third-order valence-electron chi connectivity index (χ3n) is 4.88. The van der Waals surface area contributed by atoms with Crippen molar-refractivity contribution in [3.8, 4) is 0 Å². The number of nitrogens with zero attached hydrogens (tertiary/aromatic N) is 1. The summed E-state index contributed by atoms with van der Waals surface area (Å²) in [6.45, 7) is 1.79. The van der Waals surface area contributed by atoms with Gasteiger partial charge in [-0.15, -0.1) is 0 Å². The highest BCUT2D eigenvalue weighted by molar-refractivity contribution is 5.68. The summed E-state index contributed by atoms with van der Waals surface area (Å²) in [7, 11) is 0. The van der Waals surface area contributed by atoms with Crippen molar-refractivity contribution in [3.63, 3.8) is 0 Å². The van der Waals surface area contributed by atoms with Crippen molar-refractivity contribution in [2.24, 2.45) is 11.8 Å². The normalized spacial score (nSPS) is 27.1. The quantitative estimate of drug-likeness (QED) is 0.822. The Balaban J connectivity index is 1.75. The number of rotatable bonds is 2. The SMILES string of the molecule is Nc1cc(CF)ccc1N1CC[C@H]2CCCC[C@@H]2C1. The molecule has 1 aliphatic carbocycles. The fourth-order valence-electron chi connectivity index (χ4n) is 3.79. The van der Waals surface area contributed by atoms with E-state index in [1.165, 1.54) is 32.1 Å². The molecule has 2 aliphatic rings. The summed E-state index contributed by atoms with van der Waals surface area (Å²) in [4.78, 5) is 2.41. The number of benzene rings is 1. The summed E-state index contributed by atoms with van der Waals surface area (Å²) in [5.74, 6) is 1.76. The van der Waals surface area contributed by atoms with Crippen LogP contribution in [0.2, 0.25) is 0 Å². The molecule has 0 aromatic heterocycles. The van der Waals surface area contributed by atoms with Crippen molar-refractivity contribution in [2.75, 3.05) is 23.7 Å². The fraction of sp³-hybridized carbons (Fsp3) is 0.625. The highest BCUT2D eigenvalue weighted by Gasteiger charge is 2.31. The molecule has 19 heavy (non-hydrogen) atoms. The van der Waals surface area contributed by atoms with Gasteiger partial charge in [0.15, 0.2) is 0 Å². The lowest BCUT2D eigenvalue weighted by Crippen LogP contribution is -2.42. The first kappa shape index (κ1) is 12.8. The molecule has 1 saturated heterocycles. The van der Waals surface area contributed by atoms with Crippen LogP contribution in [-0.4, -0.2) is 13.1 Å². The number of fused-ring (bicyclic) bond motifs is 1. The molecule has 2 atom stereocenters. The summed E-state index contributed by atoms with van der Waals surface area (Å²) in [5, 5.41) is 0. The topological polar surface area (TPSA) is 29.3 Å². The Morgan fingerprint density at radius 2 is 1.95 bits per heavy atom. The molecule has 0 radical (unpaired) electrons. The van der Waals surface area contributed by atoms with E-state index in [1.807, 2.05) is 12.1 Å². The lowest BCUT2D eigenvalue weighted by molar-refractivity contribution is 0.202. The van der Waals surface area contributed by atoms with Gasteiger partial charge in [-0.05, 0) is 42.4 Å². The van der Waals surface area contributed by atoms with Crippen molar-refractivity contribution in [2.45, 2.75) is 38.8 Å². The van der Waals surface area contributed by atoms with E-state index in [1.54, 1.807) is 6.07 Å². The molecule has 0 amide bonds. The van der Waals surface area contributed by atoms with Crippen LogP contribution < -0.4 is 10.6 Å². The Hall–Kier alpha value is -1.25. The maximum Gasteiger partial charge on any atom is 0.115 e. The van der Waals surface area contributed by atoms with Crippen LogP contribution in [0.25, 0.3) is 0 Å². The van der Waals surface area contributed by atoms with E-state index in [9.17, 15) is 4.39 Å². The lowest BCUT2D eigenvalue weighted by atomic mass is 9.75. The van der Waals surface area contributed by atoms with Crippen molar-refractivity contribution >= 4 is 11.4 Å². The molecule has 1 heterocycles. The summed E-state index contributed by atoms with van der Waals surface area (Å²) in [6.07, 6.45) is 6.85. The first-order valence-corrected chi connectivity index (χ1v) is 7.47. The molecule has 0 unspecified atom stereocenters. The largest absolute Gasteiger partial charge is 0.397 e. The van der Waals surface area contributed by atoms with Crippen LogP contribution in [-0.2, 0) is 6.67 Å². The maximum absolute atomic E-state index is 12.6. The molecule has 0 spiro atoms. The molecule has 2 nitrogen and oxygen atoms in total. The minimum Gasteiger partial charge on any atom is -0.397 e. The second-order valence-corrected chi connectivity index (χ2v) is 6.07. The van der Waals surface area contributed by atoms with E-state index in [2.05, 4.69) is 4.90 Å². The molecule has 3 heteroatoms. The molecular formula is C16H23FN2.